The van der Waals surface area contributed by atoms with E-state index in [1.54, 1.807) is 49.4 Å². The third-order valence-corrected chi connectivity index (χ3v) is 5.47. The Morgan fingerprint density at radius 1 is 1.06 bits per heavy atom. The lowest BCUT2D eigenvalue weighted by molar-refractivity contribution is -0.405. The van der Waals surface area contributed by atoms with Gasteiger partial charge < -0.3 is 5.73 Å². The van der Waals surface area contributed by atoms with Gasteiger partial charge in [0, 0.05) is 0 Å². The molecule has 3 aromatic rings. The number of ether oxygens (including phenoxy) is 1. The summed E-state index contributed by atoms with van der Waals surface area (Å²) in [7, 11) is 0. The molecule has 1 atom stereocenters. The second kappa shape index (κ2) is 8.85. The van der Waals surface area contributed by atoms with Gasteiger partial charge in [-0.15, -0.1) is 0 Å². The predicted octanol–water partition coefficient (Wildman–Crippen LogP) is 3.86. The van der Waals surface area contributed by atoms with Gasteiger partial charge >= 0.3 is 12.2 Å². The molecular weight excluding hydrogens is 440 g/mol. The zero-order chi connectivity index (χ0) is 23.8. The summed E-state index contributed by atoms with van der Waals surface area (Å²) >= 11 is 0. The molecule has 1 aliphatic rings. The second-order valence-corrected chi connectivity index (χ2v) is 8.24. The average molecular weight is 464 g/mol. The number of benzene rings is 2. The van der Waals surface area contributed by atoms with Crippen molar-refractivity contribution < 1.29 is 22.3 Å². The summed E-state index contributed by atoms with van der Waals surface area (Å²) in [5.74, 6) is 0.411. The van der Waals surface area contributed by atoms with Crippen LogP contribution in [0.25, 0.3) is 16.6 Å². The third kappa shape index (κ3) is 5.07. The van der Waals surface area contributed by atoms with E-state index in [9.17, 15) is 22.4 Å². The van der Waals surface area contributed by atoms with Crippen LogP contribution in [0.3, 0.4) is 0 Å². The van der Waals surface area contributed by atoms with Gasteiger partial charge in [-0.25, -0.2) is 4.98 Å². The first kappa shape index (κ1) is 23.3. The Morgan fingerprint density at radius 2 is 1.73 bits per heavy atom. The van der Waals surface area contributed by atoms with Crippen LogP contribution in [0, 0.1) is 0 Å². The van der Waals surface area contributed by atoms with Crippen molar-refractivity contribution in [2.45, 2.75) is 38.0 Å². The van der Waals surface area contributed by atoms with Gasteiger partial charge in [0.2, 0.25) is 0 Å². The summed E-state index contributed by atoms with van der Waals surface area (Å²) in [5.41, 5.74) is 7.56. The van der Waals surface area contributed by atoms with Gasteiger partial charge in [-0.05, 0) is 50.1 Å². The molecule has 1 saturated heterocycles. The smallest absolute Gasteiger partial charge is 0.322 e. The maximum absolute atomic E-state index is 13.6. The standard InChI is InChI=1S/C23H24F4N4O2/c1-15(28)20-29-18-11-5-7-16(19(18)21(32)31(20)17-9-3-2-4-10-17)8-6-12-30-13-22(24,25)33-23(26,27)14-30/h2-5,7,9-11,15H,6,8,12-14,28H2,1H3. The fourth-order valence-electron chi connectivity index (χ4n) is 4.17. The number of halogens is 4. The van der Waals surface area contributed by atoms with Gasteiger partial charge in [0.25, 0.3) is 5.56 Å². The molecule has 176 valence electrons. The lowest BCUT2D eigenvalue weighted by Crippen LogP contribution is -2.54. The maximum Gasteiger partial charge on any atom is 0.372 e. The average Bonchev–Trinajstić information content (AvgIpc) is 2.72. The van der Waals surface area contributed by atoms with Gasteiger partial charge in [0.1, 0.15) is 5.82 Å². The maximum atomic E-state index is 13.6. The summed E-state index contributed by atoms with van der Waals surface area (Å²) in [6.07, 6.45) is -7.20. The summed E-state index contributed by atoms with van der Waals surface area (Å²) in [4.78, 5) is 19.1. The van der Waals surface area contributed by atoms with E-state index in [0.717, 1.165) is 4.90 Å². The Balaban J connectivity index is 1.65. The van der Waals surface area contributed by atoms with Crippen molar-refractivity contribution in [3.8, 4) is 5.69 Å². The molecule has 2 N–H and O–H groups in total. The zero-order valence-electron chi connectivity index (χ0n) is 18.0. The number of hydrogen-bond acceptors (Lipinski definition) is 5. The number of nitrogens with zero attached hydrogens (tertiary/aromatic N) is 3. The van der Waals surface area contributed by atoms with Crippen LogP contribution in [-0.2, 0) is 11.2 Å². The number of para-hydroxylation sites is 1. The van der Waals surface area contributed by atoms with Crippen LogP contribution in [0.4, 0.5) is 17.6 Å². The fraction of sp³-hybridized carbons (Fsp3) is 0.391. The minimum atomic E-state index is -3.91. The molecule has 0 saturated carbocycles. The zero-order valence-corrected chi connectivity index (χ0v) is 18.0. The molecule has 10 heteroatoms. The molecule has 1 fully saturated rings. The van der Waals surface area contributed by atoms with Crippen LogP contribution < -0.4 is 11.3 Å². The predicted molar refractivity (Wildman–Crippen MR) is 116 cm³/mol. The van der Waals surface area contributed by atoms with Crippen LogP contribution in [0.15, 0.2) is 53.3 Å². The molecule has 33 heavy (non-hydrogen) atoms. The molecule has 6 nitrogen and oxygen atoms in total. The SMILES string of the molecule is CC(N)c1nc2cccc(CCCN3CC(F)(F)OC(F)(F)C3)c2c(=O)n1-c1ccccc1. The van der Waals surface area contributed by atoms with Crippen LogP contribution in [0.1, 0.15) is 30.8 Å². The first-order chi connectivity index (χ1) is 15.6. The minimum absolute atomic E-state index is 0.00312. The molecule has 4 rings (SSSR count). The van der Waals surface area contributed by atoms with Gasteiger partial charge in [-0.2, -0.15) is 17.6 Å². The van der Waals surface area contributed by atoms with E-state index in [4.69, 9.17) is 5.73 Å². The van der Waals surface area contributed by atoms with E-state index in [1.807, 2.05) is 6.07 Å². The summed E-state index contributed by atoms with van der Waals surface area (Å²) in [5, 5.41) is 0.392. The quantitative estimate of drug-likeness (QED) is 0.561. The van der Waals surface area contributed by atoms with Crippen LogP contribution in [0.2, 0.25) is 0 Å². The highest BCUT2D eigenvalue weighted by atomic mass is 19.3. The Hall–Kier alpha value is -2.82. The van der Waals surface area contributed by atoms with E-state index >= 15 is 0 Å². The largest absolute Gasteiger partial charge is 0.372 e. The second-order valence-electron chi connectivity index (χ2n) is 8.24. The lowest BCUT2D eigenvalue weighted by Gasteiger charge is -2.36. The highest BCUT2D eigenvalue weighted by Gasteiger charge is 2.51. The van der Waals surface area contributed by atoms with Crippen LogP contribution in [0.5, 0.6) is 0 Å². The van der Waals surface area contributed by atoms with Crippen molar-refractivity contribution in [3.05, 3.63) is 70.3 Å². The lowest BCUT2D eigenvalue weighted by atomic mass is 10.0. The molecule has 2 heterocycles. The number of rotatable bonds is 6. The van der Waals surface area contributed by atoms with Crippen LogP contribution >= 0.6 is 0 Å². The number of aromatic nitrogens is 2. The number of nitrogens with two attached hydrogens (primary N) is 1. The van der Waals surface area contributed by atoms with Crippen molar-refractivity contribution in [1.82, 2.24) is 14.5 Å². The van der Waals surface area contributed by atoms with Gasteiger partial charge in [0.15, 0.2) is 0 Å². The Bertz CT molecular complexity index is 1180. The summed E-state index contributed by atoms with van der Waals surface area (Å²) in [6.45, 7) is -0.0651. The van der Waals surface area contributed by atoms with Crippen molar-refractivity contribution in [2.75, 3.05) is 19.6 Å². The molecule has 1 unspecified atom stereocenters. The highest BCUT2D eigenvalue weighted by Crippen LogP contribution is 2.33. The van der Waals surface area contributed by atoms with E-state index in [2.05, 4.69) is 9.72 Å². The number of fused-ring (bicyclic) bond motifs is 1. The monoisotopic (exact) mass is 464 g/mol. The molecule has 0 amide bonds. The van der Waals surface area contributed by atoms with Crippen molar-refractivity contribution in [3.63, 3.8) is 0 Å². The minimum Gasteiger partial charge on any atom is -0.322 e. The Labute approximate surface area is 187 Å². The molecule has 0 radical (unpaired) electrons. The Kier molecular flexibility index (Phi) is 6.26. The molecule has 1 aromatic heterocycles. The summed E-state index contributed by atoms with van der Waals surface area (Å²) in [6, 6.07) is 13.7. The van der Waals surface area contributed by atoms with E-state index in [0.29, 0.717) is 40.8 Å². The van der Waals surface area contributed by atoms with Crippen molar-refractivity contribution >= 4 is 10.9 Å². The first-order valence-electron chi connectivity index (χ1n) is 10.6. The molecule has 1 aliphatic heterocycles. The molecular formula is C23H24F4N4O2. The van der Waals surface area contributed by atoms with Gasteiger partial charge in [-0.1, -0.05) is 30.3 Å². The Morgan fingerprint density at radius 3 is 2.36 bits per heavy atom. The normalized spacial score (nSPS) is 19.0. The van der Waals surface area contributed by atoms with E-state index in [1.165, 1.54) is 4.57 Å². The van der Waals surface area contributed by atoms with Crippen molar-refractivity contribution in [1.29, 1.82) is 0 Å². The van der Waals surface area contributed by atoms with Crippen LogP contribution in [-0.4, -0.2) is 46.3 Å². The molecule has 0 bridgehead atoms. The first-order valence-corrected chi connectivity index (χ1v) is 10.6. The molecule has 2 aromatic carbocycles. The van der Waals surface area contributed by atoms with Gasteiger partial charge in [0.05, 0.1) is 35.7 Å². The number of morpholine rings is 1. The topological polar surface area (TPSA) is 73.4 Å². The van der Waals surface area contributed by atoms with Gasteiger partial charge in [-0.3, -0.25) is 19.0 Å². The summed E-state index contributed by atoms with van der Waals surface area (Å²) < 4.78 is 58.9. The number of hydrogen-bond donors (Lipinski definition) is 1. The fourth-order valence-corrected chi connectivity index (χ4v) is 4.17. The number of alkyl halides is 4. The molecule has 0 aliphatic carbocycles. The number of aryl methyl sites for hydroxylation is 1. The third-order valence-electron chi connectivity index (χ3n) is 5.47. The van der Waals surface area contributed by atoms with E-state index < -0.39 is 31.3 Å². The van der Waals surface area contributed by atoms with Crippen molar-refractivity contribution in [2.24, 2.45) is 5.73 Å². The highest BCUT2D eigenvalue weighted by molar-refractivity contribution is 5.81. The van der Waals surface area contributed by atoms with E-state index in [-0.39, 0.29) is 12.1 Å². The molecule has 0 spiro atoms.